The predicted octanol–water partition coefficient (Wildman–Crippen LogP) is 2.39. The van der Waals surface area contributed by atoms with Gasteiger partial charge >= 0.3 is 6.18 Å². The summed E-state index contributed by atoms with van der Waals surface area (Å²) < 4.78 is 37.1. The number of nitrogens with zero attached hydrogens (tertiary/aromatic N) is 1. The molecular weight excluding hydrogens is 293 g/mol. The molecule has 1 heterocycles. The van der Waals surface area contributed by atoms with E-state index in [1.54, 1.807) is 25.4 Å². The quantitative estimate of drug-likeness (QED) is 0.579. The minimum atomic E-state index is -4.23. The zero-order valence-electron chi connectivity index (χ0n) is 12.6. The van der Waals surface area contributed by atoms with E-state index < -0.39 is 11.7 Å². The van der Waals surface area contributed by atoms with Crippen LogP contribution < -0.4 is 16.9 Å². The highest BCUT2D eigenvalue weighted by atomic mass is 19.4. The highest BCUT2D eigenvalue weighted by molar-refractivity contribution is 5.27. The second kappa shape index (κ2) is 8.65. The number of alkyl halides is 3. The summed E-state index contributed by atoms with van der Waals surface area (Å²) in [6.07, 6.45) is 0.712. The molecular formula is C15H23F3N4. The summed E-state index contributed by atoms with van der Waals surface area (Å²) in [6, 6.07) is 5.58. The van der Waals surface area contributed by atoms with E-state index in [1.165, 1.54) is 23.3 Å². The molecule has 22 heavy (non-hydrogen) atoms. The van der Waals surface area contributed by atoms with E-state index in [9.17, 15) is 13.2 Å². The molecule has 5 N–H and O–H groups in total. The molecule has 1 saturated heterocycles. The maximum absolute atomic E-state index is 12.4. The molecule has 1 aromatic rings. The monoisotopic (exact) mass is 316 g/mol. The van der Waals surface area contributed by atoms with E-state index >= 15 is 0 Å². The first-order valence-electron chi connectivity index (χ1n) is 7.08. The van der Waals surface area contributed by atoms with Crippen LogP contribution >= 0.6 is 0 Å². The van der Waals surface area contributed by atoms with Crippen LogP contribution in [-0.4, -0.2) is 25.1 Å². The summed E-state index contributed by atoms with van der Waals surface area (Å²) >= 11 is 0. The van der Waals surface area contributed by atoms with Crippen molar-refractivity contribution in [2.24, 2.45) is 11.6 Å². The van der Waals surface area contributed by atoms with E-state index in [2.05, 4.69) is 5.32 Å². The summed E-state index contributed by atoms with van der Waals surface area (Å²) in [5.41, 5.74) is 5.39. The fourth-order valence-electron chi connectivity index (χ4n) is 2.24. The van der Waals surface area contributed by atoms with E-state index in [-0.39, 0.29) is 0 Å². The van der Waals surface area contributed by atoms with Crippen LogP contribution in [0.4, 0.5) is 13.2 Å². The van der Waals surface area contributed by atoms with Crippen LogP contribution in [0.5, 0.6) is 0 Å². The summed E-state index contributed by atoms with van der Waals surface area (Å²) in [7, 11) is 1.70. The van der Waals surface area contributed by atoms with Crippen LogP contribution in [0.25, 0.3) is 0 Å². The van der Waals surface area contributed by atoms with Crippen LogP contribution in [0.2, 0.25) is 0 Å². The number of hydrogen-bond donors (Lipinski definition) is 3. The fourth-order valence-corrected chi connectivity index (χ4v) is 2.24. The van der Waals surface area contributed by atoms with Crippen molar-refractivity contribution in [2.45, 2.75) is 24.9 Å². The molecule has 1 fully saturated rings. The number of piperidine rings is 1. The summed E-state index contributed by atoms with van der Waals surface area (Å²) in [5.74, 6) is 5.48. The lowest BCUT2D eigenvalue weighted by atomic mass is 9.90. The standard InChI is InChI=1S/C12H14F3N.C3H9N3/c13-12(14,15)11-3-1-9(2-4-11)10-5-7-16-8-6-10;1-6(5)3-2-4/h1-4,10,16H,5-8H2;2-3H,4-5H2,1H3/b;3-2-. The van der Waals surface area contributed by atoms with E-state index in [0.29, 0.717) is 5.92 Å². The molecule has 0 bridgehead atoms. The van der Waals surface area contributed by atoms with E-state index in [4.69, 9.17) is 11.6 Å². The lowest BCUT2D eigenvalue weighted by molar-refractivity contribution is -0.137. The van der Waals surface area contributed by atoms with Crippen LogP contribution in [0, 0.1) is 0 Å². The molecule has 0 spiro atoms. The number of nitrogens with one attached hydrogen (secondary N) is 1. The molecule has 4 nitrogen and oxygen atoms in total. The van der Waals surface area contributed by atoms with Gasteiger partial charge in [0.1, 0.15) is 0 Å². The fraction of sp³-hybridized carbons (Fsp3) is 0.467. The van der Waals surface area contributed by atoms with Crippen LogP contribution in [0.3, 0.4) is 0 Å². The lowest BCUT2D eigenvalue weighted by Crippen LogP contribution is -2.26. The number of hydrogen-bond acceptors (Lipinski definition) is 4. The van der Waals surface area contributed by atoms with Crippen molar-refractivity contribution in [3.05, 3.63) is 47.8 Å². The Morgan fingerprint density at radius 2 is 1.73 bits per heavy atom. The molecule has 1 aliphatic heterocycles. The summed E-state index contributed by atoms with van der Waals surface area (Å²) in [4.78, 5) is 0. The van der Waals surface area contributed by atoms with Crippen LogP contribution in [0.15, 0.2) is 36.7 Å². The smallest absolute Gasteiger partial charge is 0.403 e. The maximum Gasteiger partial charge on any atom is 0.416 e. The van der Waals surface area contributed by atoms with Crippen molar-refractivity contribution in [2.75, 3.05) is 20.1 Å². The highest BCUT2D eigenvalue weighted by Crippen LogP contribution is 2.31. The van der Waals surface area contributed by atoms with Crippen LogP contribution in [0.1, 0.15) is 29.9 Å². The van der Waals surface area contributed by atoms with E-state index in [0.717, 1.165) is 31.5 Å². The largest absolute Gasteiger partial charge is 0.416 e. The molecule has 0 amide bonds. The minimum Gasteiger partial charge on any atom is -0.403 e. The molecule has 0 saturated carbocycles. The summed E-state index contributed by atoms with van der Waals surface area (Å²) in [6.45, 7) is 1.90. The van der Waals surface area contributed by atoms with Gasteiger partial charge in [0.05, 0.1) is 5.56 Å². The third-order valence-corrected chi connectivity index (χ3v) is 3.37. The SMILES string of the molecule is CN(N)/C=C\N.FC(F)(F)c1ccc(C2CCNCC2)cc1. The maximum atomic E-state index is 12.4. The average Bonchev–Trinajstić information content (AvgIpc) is 2.48. The number of halogens is 3. The minimum absolute atomic E-state index is 0.406. The third kappa shape index (κ3) is 6.36. The molecule has 7 heteroatoms. The second-order valence-electron chi connectivity index (χ2n) is 5.15. The van der Waals surface area contributed by atoms with Gasteiger partial charge < -0.3 is 16.1 Å². The average molecular weight is 316 g/mol. The normalized spacial score (nSPS) is 16.2. The first-order chi connectivity index (χ1) is 10.3. The Labute approximate surface area is 128 Å². The Balaban J connectivity index is 0.000000346. The van der Waals surface area contributed by atoms with Gasteiger partial charge in [-0.3, -0.25) is 0 Å². The van der Waals surface area contributed by atoms with Crippen molar-refractivity contribution in [3.63, 3.8) is 0 Å². The Kier molecular flexibility index (Phi) is 7.20. The second-order valence-corrected chi connectivity index (χ2v) is 5.15. The molecule has 0 aliphatic carbocycles. The number of benzene rings is 1. The third-order valence-electron chi connectivity index (χ3n) is 3.37. The van der Waals surface area contributed by atoms with Crippen molar-refractivity contribution in [1.82, 2.24) is 10.3 Å². The molecule has 2 rings (SSSR count). The molecule has 0 unspecified atom stereocenters. The van der Waals surface area contributed by atoms with Gasteiger partial charge in [-0.25, -0.2) is 5.84 Å². The van der Waals surface area contributed by atoms with Gasteiger partial charge in [0.15, 0.2) is 0 Å². The topological polar surface area (TPSA) is 67.3 Å². The molecule has 124 valence electrons. The first kappa shape index (κ1) is 18.3. The molecule has 0 atom stereocenters. The number of nitrogens with two attached hydrogens (primary N) is 2. The van der Waals surface area contributed by atoms with Crippen molar-refractivity contribution in [3.8, 4) is 0 Å². The predicted molar refractivity (Wildman–Crippen MR) is 81.6 cm³/mol. The van der Waals surface area contributed by atoms with E-state index in [1.807, 2.05) is 0 Å². The van der Waals surface area contributed by atoms with Gasteiger partial charge in [-0.05, 0) is 49.5 Å². The zero-order valence-corrected chi connectivity index (χ0v) is 12.6. The zero-order chi connectivity index (χ0) is 16.6. The van der Waals surface area contributed by atoms with Crippen LogP contribution in [-0.2, 0) is 6.18 Å². The van der Waals surface area contributed by atoms with Gasteiger partial charge in [-0.15, -0.1) is 0 Å². The Hall–Kier alpha value is -1.73. The van der Waals surface area contributed by atoms with Gasteiger partial charge in [0.25, 0.3) is 0 Å². The Morgan fingerprint density at radius 3 is 2.09 bits per heavy atom. The molecule has 1 aliphatic rings. The molecule has 0 aromatic heterocycles. The Morgan fingerprint density at radius 1 is 1.18 bits per heavy atom. The number of rotatable bonds is 2. The van der Waals surface area contributed by atoms with Crippen molar-refractivity contribution in [1.29, 1.82) is 0 Å². The van der Waals surface area contributed by atoms with Gasteiger partial charge in [-0.1, -0.05) is 12.1 Å². The van der Waals surface area contributed by atoms with Gasteiger partial charge in [0.2, 0.25) is 0 Å². The Bertz CT molecular complexity index is 449. The lowest BCUT2D eigenvalue weighted by Gasteiger charge is -2.23. The van der Waals surface area contributed by atoms with Gasteiger partial charge in [0, 0.05) is 19.4 Å². The summed E-state index contributed by atoms with van der Waals surface area (Å²) in [5, 5.41) is 4.62. The highest BCUT2D eigenvalue weighted by Gasteiger charge is 2.30. The van der Waals surface area contributed by atoms with Gasteiger partial charge in [-0.2, -0.15) is 13.2 Å². The molecule has 0 radical (unpaired) electrons. The molecule has 1 aromatic carbocycles. The van der Waals surface area contributed by atoms with Crippen molar-refractivity contribution >= 4 is 0 Å². The van der Waals surface area contributed by atoms with Crippen molar-refractivity contribution < 1.29 is 13.2 Å². The first-order valence-corrected chi connectivity index (χ1v) is 7.08. The number of hydrazine groups is 1.